The fraction of sp³-hybridized carbons (Fsp3) is 0.417. The number of nitrogens with zero attached hydrogens (tertiary/aromatic N) is 3. The Morgan fingerprint density at radius 3 is 2.83 bits per heavy atom. The van der Waals surface area contributed by atoms with Crippen molar-refractivity contribution in [3.63, 3.8) is 0 Å². The average Bonchev–Trinajstić information content (AvgIpc) is 2.69. The van der Waals surface area contributed by atoms with Gasteiger partial charge in [0.15, 0.2) is 5.65 Å². The van der Waals surface area contributed by atoms with Crippen molar-refractivity contribution in [3.05, 3.63) is 16.0 Å². The van der Waals surface area contributed by atoms with Crippen LogP contribution in [0.15, 0.2) is 12.3 Å². The molecule has 2 heterocycles. The lowest BCUT2D eigenvalue weighted by Gasteiger charge is -2.21. The Morgan fingerprint density at radius 2 is 2.11 bits per heavy atom. The minimum atomic E-state index is 0.267. The summed E-state index contributed by atoms with van der Waals surface area (Å²) in [6.45, 7) is 0. The molecule has 0 aromatic carbocycles. The third-order valence-corrected chi connectivity index (χ3v) is 4.20. The SMILES string of the molecule is Nc1ccnc2c1c(I)nn2C1CCC(=O)CC1. The number of Topliss-reactive ketones (excluding diaryl/α,β-unsaturated/α-hetero) is 1. The van der Waals surface area contributed by atoms with Crippen molar-refractivity contribution in [2.24, 2.45) is 0 Å². The van der Waals surface area contributed by atoms with Crippen molar-refractivity contribution < 1.29 is 4.79 Å². The first-order valence-electron chi connectivity index (χ1n) is 5.96. The van der Waals surface area contributed by atoms with Crippen LogP contribution in [0.25, 0.3) is 11.0 Å². The van der Waals surface area contributed by atoms with E-state index in [0.29, 0.717) is 24.3 Å². The summed E-state index contributed by atoms with van der Waals surface area (Å²) in [4.78, 5) is 15.7. The predicted molar refractivity (Wildman–Crippen MR) is 77.2 cm³/mol. The second-order valence-corrected chi connectivity index (χ2v) is 5.63. The molecule has 0 amide bonds. The average molecular weight is 356 g/mol. The highest BCUT2D eigenvalue weighted by Gasteiger charge is 2.24. The normalized spacial score (nSPS) is 17.5. The summed E-state index contributed by atoms with van der Waals surface area (Å²) in [5.74, 6) is 0.352. The Balaban J connectivity index is 2.07. The van der Waals surface area contributed by atoms with Crippen LogP contribution in [0.3, 0.4) is 0 Å². The summed E-state index contributed by atoms with van der Waals surface area (Å²) in [6.07, 6.45) is 4.69. The second kappa shape index (κ2) is 4.49. The molecular formula is C12H13IN4O. The van der Waals surface area contributed by atoms with Crippen molar-refractivity contribution >= 4 is 45.1 Å². The van der Waals surface area contributed by atoms with E-state index in [4.69, 9.17) is 5.73 Å². The van der Waals surface area contributed by atoms with Gasteiger partial charge in [-0.1, -0.05) is 0 Å². The number of hydrogen-bond donors (Lipinski definition) is 1. The molecule has 1 fully saturated rings. The van der Waals surface area contributed by atoms with Crippen molar-refractivity contribution in [1.82, 2.24) is 14.8 Å². The molecule has 0 spiro atoms. The van der Waals surface area contributed by atoms with Crippen LogP contribution in [-0.2, 0) is 4.79 Å². The van der Waals surface area contributed by atoms with Crippen molar-refractivity contribution in [3.8, 4) is 0 Å². The largest absolute Gasteiger partial charge is 0.398 e. The maximum Gasteiger partial charge on any atom is 0.161 e. The maximum absolute atomic E-state index is 11.3. The summed E-state index contributed by atoms with van der Waals surface area (Å²) < 4.78 is 2.82. The Hall–Kier alpha value is -1.18. The molecule has 1 aliphatic carbocycles. The topological polar surface area (TPSA) is 73.8 Å². The minimum absolute atomic E-state index is 0.267. The van der Waals surface area contributed by atoms with Crippen molar-refractivity contribution in [2.45, 2.75) is 31.7 Å². The lowest BCUT2D eigenvalue weighted by atomic mass is 9.94. The van der Waals surface area contributed by atoms with Gasteiger partial charge in [0.1, 0.15) is 9.48 Å². The van der Waals surface area contributed by atoms with E-state index in [9.17, 15) is 4.79 Å². The van der Waals surface area contributed by atoms with Crippen LogP contribution in [0.4, 0.5) is 5.69 Å². The first kappa shape index (κ1) is 11.9. The lowest BCUT2D eigenvalue weighted by Crippen LogP contribution is -2.19. The number of aromatic nitrogens is 3. The molecule has 0 bridgehead atoms. The van der Waals surface area contributed by atoms with Gasteiger partial charge in [-0.05, 0) is 41.5 Å². The quantitative estimate of drug-likeness (QED) is 0.796. The molecule has 18 heavy (non-hydrogen) atoms. The number of fused-ring (bicyclic) bond motifs is 1. The van der Waals surface area contributed by atoms with Crippen LogP contribution >= 0.6 is 22.6 Å². The molecule has 94 valence electrons. The van der Waals surface area contributed by atoms with Gasteiger partial charge in [-0.25, -0.2) is 9.67 Å². The van der Waals surface area contributed by atoms with E-state index in [1.807, 2.05) is 4.68 Å². The van der Waals surface area contributed by atoms with Gasteiger partial charge >= 0.3 is 0 Å². The maximum atomic E-state index is 11.3. The van der Waals surface area contributed by atoms with Crippen LogP contribution in [0.1, 0.15) is 31.7 Å². The van der Waals surface area contributed by atoms with E-state index in [-0.39, 0.29) is 6.04 Å². The molecule has 6 heteroatoms. The number of carbonyl (C=O) groups is 1. The monoisotopic (exact) mass is 356 g/mol. The Morgan fingerprint density at radius 1 is 1.39 bits per heavy atom. The summed E-state index contributed by atoms with van der Waals surface area (Å²) >= 11 is 2.19. The molecule has 2 aromatic heterocycles. The molecular weight excluding hydrogens is 343 g/mol. The van der Waals surface area contributed by atoms with Crippen LogP contribution in [0.5, 0.6) is 0 Å². The minimum Gasteiger partial charge on any atom is -0.398 e. The van der Waals surface area contributed by atoms with E-state index in [1.54, 1.807) is 12.3 Å². The Labute approximate surface area is 118 Å². The molecule has 1 aliphatic rings. The molecule has 0 atom stereocenters. The molecule has 0 aliphatic heterocycles. The first-order chi connectivity index (χ1) is 8.66. The Bertz CT molecular complexity index is 612. The van der Waals surface area contributed by atoms with Crippen LogP contribution in [0, 0.1) is 3.70 Å². The van der Waals surface area contributed by atoms with Crippen LogP contribution in [-0.4, -0.2) is 20.5 Å². The summed E-state index contributed by atoms with van der Waals surface area (Å²) in [7, 11) is 0. The molecule has 0 unspecified atom stereocenters. The first-order valence-corrected chi connectivity index (χ1v) is 7.04. The number of nitrogen functional groups attached to an aromatic ring is 1. The highest BCUT2D eigenvalue weighted by molar-refractivity contribution is 14.1. The van der Waals surface area contributed by atoms with Crippen molar-refractivity contribution in [1.29, 1.82) is 0 Å². The molecule has 3 rings (SSSR count). The third kappa shape index (κ3) is 1.88. The van der Waals surface area contributed by atoms with Gasteiger partial charge in [0, 0.05) is 24.7 Å². The van der Waals surface area contributed by atoms with Crippen LogP contribution in [0.2, 0.25) is 0 Å². The number of hydrogen-bond acceptors (Lipinski definition) is 4. The van der Waals surface area contributed by atoms with E-state index in [2.05, 4.69) is 32.7 Å². The number of pyridine rings is 1. The molecule has 2 aromatic rings. The number of anilines is 1. The zero-order valence-electron chi connectivity index (χ0n) is 9.77. The van der Waals surface area contributed by atoms with E-state index in [0.717, 1.165) is 27.6 Å². The molecule has 0 saturated heterocycles. The zero-order chi connectivity index (χ0) is 12.7. The standard InChI is InChI=1S/C12H13IN4O/c13-11-10-9(14)5-6-15-12(10)17(16-11)7-1-3-8(18)4-2-7/h5-7H,1-4H2,(H2,14,15). The lowest BCUT2D eigenvalue weighted by molar-refractivity contribution is -0.120. The van der Waals surface area contributed by atoms with Gasteiger partial charge < -0.3 is 5.73 Å². The predicted octanol–water partition coefficient (Wildman–Crippen LogP) is 2.30. The van der Waals surface area contributed by atoms with Gasteiger partial charge in [0.2, 0.25) is 0 Å². The summed E-state index contributed by atoms with van der Waals surface area (Å²) in [6, 6.07) is 2.06. The third-order valence-electron chi connectivity index (χ3n) is 3.44. The van der Waals surface area contributed by atoms with Gasteiger partial charge in [0.25, 0.3) is 0 Å². The molecule has 2 N–H and O–H groups in total. The molecule has 5 nitrogen and oxygen atoms in total. The van der Waals surface area contributed by atoms with Crippen molar-refractivity contribution in [2.75, 3.05) is 5.73 Å². The highest BCUT2D eigenvalue weighted by Crippen LogP contribution is 2.31. The van der Waals surface area contributed by atoms with Gasteiger partial charge in [-0.2, -0.15) is 5.10 Å². The van der Waals surface area contributed by atoms with E-state index < -0.39 is 0 Å². The highest BCUT2D eigenvalue weighted by atomic mass is 127. The Kier molecular flexibility index (Phi) is 2.96. The summed E-state index contributed by atoms with van der Waals surface area (Å²) in [5.41, 5.74) is 7.51. The summed E-state index contributed by atoms with van der Waals surface area (Å²) in [5, 5.41) is 5.47. The smallest absolute Gasteiger partial charge is 0.161 e. The van der Waals surface area contributed by atoms with Gasteiger partial charge in [0.05, 0.1) is 11.4 Å². The van der Waals surface area contributed by atoms with E-state index >= 15 is 0 Å². The number of rotatable bonds is 1. The number of carbonyl (C=O) groups excluding carboxylic acids is 1. The fourth-order valence-electron chi connectivity index (χ4n) is 2.47. The van der Waals surface area contributed by atoms with Gasteiger partial charge in [-0.3, -0.25) is 4.79 Å². The van der Waals surface area contributed by atoms with E-state index in [1.165, 1.54) is 0 Å². The number of nitrogens with two attached hydrogens (primary N) is 1. The number of halogens is 1. The second-order valence-electron chi connectivity index (χ2n) is 4.60. The molecule has 1 saturated carbocycles. The fourth-order valence-corrected chi connectivity index (χ4v) is 3.25. The van der Waals surface area contributed by atoms with Crippen LogP contribution < -0.4 is 5.73 Å². The molecule has 0 radical (unpaired) electrons. The zero-order valence-corrected chi connectivity index (χ0v) is 11.9. The number of ketones is 1. The van der Waals surface area contributed by atoms with Gasteiger partial charge in [-0.15, -0.1) is 0 Å².